The number of nitrogens with one attached hydrogen (secondary N) is 1. The number of nitrogens with zero attached hydrogens (tertiary/aromatic N) is 1. The Morgan fingerprint density at radius 1 is 1.12 bits per heavy atom. The lowest BCUT2D eigenvalue weighted by atomic mass is 9.86. The normalized spacial score (nSPS) is 31.9. The molecule has 0 aromatic carbocycles. The highest BCUT2D eigenvalue weighted by Crippen LogP contribution is 2.31. The van der Waals surface area contributed by atoms with Crippen LogP contribution < -0.4 is 5.32 Å². The molecule has 2 heteroatoms. The molecule has 0 bridgehead atoms. The second kappa shape index (κ2) is 5.27. The summed E-state index contributed by atoms with van der Waals surface area (Å²) in [5, 5.41) is 3.74. The van der Waals surface area contributed by atoms with Crippen LogP contribution in [-0.4, -0.2) is 35.6 Å². The molecule has 1 saturated carbocycles. The maximum Gasteiger partial charge on any atom is 0.0281 e. The zero-order chi connectivity index (χ0) is 12.5. The molecule has 2 aliphatic rings. The van der Waals surface area contributed by atoms with Crippen LogP contribution in [0.1, 0.15) is 59.8 Å². The largest absolute Gasteiger partial charge is 0.311 e. The van der Waals surface area contributed by atoms with E-state index in [0.29, 0.717) is 11.6 Å². The molecule has 2 fully saturated rings. The molecule has 0 radical (unpaired) electrons. The maximum atomic E-state index is 3.74. The van der Waals surface area contributed by atoms with Gasteiger partial charge in [-0.3, -0.25) is 4.90 Å². The summed E-state index contributed by atoms with van der Waals surface area (Å²) in [6, 6.07) is 1.53. The first-order valence-corrected chi connectivity index (χ1v) is 7.51. The summed E-state index contributed by atoms with van der Waals surface area (Å²) in [6.45, 7) is 11.9. The second-order valence-corrected chi connectivity index (χ2v) is 6.99. The fourth-order valence-electron chi connectivity index (χ4n) is 3.49. The van der Waals surface area contributed by atoms with Gasteiger partial charge >= 0.3 is 0 Å². The monoisotopic (exact) mass is 238 g/mol. The van der Waals surface area contributed by atoms with Crippen molar-refractivity contribution in [3.63, 3.8) is 0 Å². The fraction of sp³-hybridized carbons (Fsp3) is 1.00. The molecule has 1 saturated heterocycles. The van der Waals surface area contributed by atoms with Gasteiger partial charge in [-0.2, -0.15) is 0 Å². The van der Waals surface area contributed by atoms with E-state index in [1.165, 1.54) is 38.6 Å². The predicted octanol–water partition coefficient (Wildman–Crippen LogP) is 3.03. The van der Waals surface area contributed by atoms with Crippen LogP contribution in [0.4, 0.5) is 0 Å². The summed E-state index contributed by atoms with van der Waals surface area (Å²) >= 11 is 0. The Morgan fingerprint density at radius 2 is 1.76 bits per heavy atom. The third-order valence-electron chi connectivity index (χ3n) is 4.79. The summed E-state index contributed by atoms with van der Waals surface area (Å²) in [7, 11) is 0. The highest BCUT2D eigenvalue weighted by Gasteiger charge is 2.38. The van der Waals surface area contributed by atoms with Gasteiger partial charge in [0.15, 0.2) is 0 Å². The number of piperazine rings is 1. The van der Waals surface area contributed by atoms with Crippen LogP contribution in [0.3, 0.4) is 0 Å². The quantitative estimate of drug-likeness (QED) is 0.795. The van der Waals surface area contributed by atoms with Gasteiger partial charge in [0.1, 0.15) is 0 Å². The Labute approximate surface area is 107 Å². The van der Waals surface area contributed by atoms with Gasteiger partial charge in [0.2, 0.25) is 0 Å². The van der Waals surface area contributed by atoms with Crippen LogP contribution >= 0.6 is 0 Å². The van der Waals surface area contributed by atoms with Crippen molar-refractivity contribution in [2.24, 2.45) is 5.92 Å². The molecule has 17 heavy (non-hydrogen) atoms. The van der Waals surface area contributed by atoms with E-state index in [9.17, 15) is 0 Å². The van der Waals surface area contributed by atoms with Crippen LogP contribution in [0, 0.1) is 5.92 Å². The standard InChI is InChI=1S/C15H30N2/c1-12(2)14-10-17(15(3,4)11-16-14)13-8-6-5-7-9-13/h12-14,16H,5-11H2,1-4H3. The van der Waals surface area contributed by atoms with Crippen molar-refractivity contribution >= 4 is 0 Å². The molecule has 0 spiro atoms. The lowest BCUT2D eigenvalue weighted by molar-refractivity contribution is 0.00280. The molecule has 0 aromatic heterocycles. The van der Waals surface area contributed by atoms with E-state index in [1.807, 2.05) is 0 Å². The van der Waals surface area contributed by atoms with Gasteiger partial charge in [0, 0.05) is 30.7 Å². The summed E-state index contributed by atoms with van der Waals surface area (Å²) in [5.74, 6) is 0.747. The van der Waals surface area contributed by atoms with Gasteiger partial charge in [-0.1, -0.05) is 33.1 Å². The Balaban J connectivity index is 2.04. The third-order valence-corrected chi connectivity index (χ3v) is 4.79. The van der Waals surface area contributed by atoms with E-state index < -0.39 is 0 Å². The highest BCUT2D eigenvalue weighted by molar-refractivity contribution is 4.97. The Bertz CT molecular complexity index is 241. The van der Waals surface area contributed by atoms with Gasteiger partial charge in [0.05, 0.1) is 0 Å². The lowest BCUT2D eigenvalue weighted by Gasteiger charge is -2.51. The van der Waals surface area contributed by atoms with Crippen LogP contribution in [0.25, 0.3) is 0 Å². The first kappa shape index (κ1) is 13.4. The summed E-state index contributed by atoms with van der Waals surface area (Å²) in [4.78, 5) is 2.81. The SMILES string of the molecule is CC(C)C1CN(C2CCCCC2)C(C)(C)CN1. The van der Waals surface area contributed by atoms with Crippen LogP contribution in [0.15, 0.2) is 0 Å². The minimum atomic E-state index is 0.341. The molecular formula is C15H30N2. The van der Waals surface area contributed by atoms with Crippen molar-refractivity contribution in [3.8, 4) is 0 Å². The molecule has 1 unspecified atom stereocenters. The molecule has 1 atom stereocenters. The minimum Gasteiger partial charge on any atom is -0.311 e. The zero-order valence-electron chi connectivity index (χ0n) is 12.1. The molecule has 1 heterocycles. The summed E-state index contributed by atoms with van der Waals surface area (Å²) in [6.07, 6.45) is 7.19. The van der Waals surface area contributed by atoms with Crippen LogP contribution in [0.5, 0.6) is 0 Å². The lowest BCUT2D eigenvalue weighted by Crippen LogP contribution is -2.65. The Kier molecular flexibility index (Phi) is 4.14. The molecule has 1 aliphatic heterocycles. The minimum absolute atomic E-state index is 0.341. The van der Waals surface area contributed by atoms with Gasteiger partial charge in [-0.25, -0.2) is 0 Å². The van der Waals surface area contributed by atoms with E-state index in [4.69, 9.17) is 0 Å². The van der Waals surface area contributed by atoms with Crippen molar-refractivity contribution < 1.29 is 0 Å². The maximum absolute atomic E-state index is 3.74. The molecule has 1 N–H and O–H groups in total. The highest BCUT2D eigenvalue weighted by atomic mass is 15.3. The van der Waals surface area contributed by atoms with Gasteiger partial charge < -0.3 is 5.32 Å². The second-order valence-electron chi connectivity index (χ2n) is 6.99. The van der Waals surface area contributed by atoms with Crippen LogP contribution in [0.2, 0.25) is 0 Å². The average molecular weight is 238 g/mol. The van der Waals surface area contributed by atoms with Gasteiger partial charge in [-0.15, -0.1) is 0 Å². The van der Waals surface area contributed by atoms with Gasteiger partial charge in [0.25, 0.3) is 0 Å². The molecule has 1 aliphatic carbocycles. The topological polar surface area (TPSA) is 15.3 Å². The number of hydrogen-bond acceptors (Lipinski definition) is 2. The molecule has 2 rings (SSSR count). The Morgan fingerprint density at radius 3 is 2.35 bits per heavy atom. The number of hydrogen-bond donors (Lipinski definition) is 1. The molecule has 2 nitrogen and oxygen atoms in total. The average Bonchev–Trinajstić information content (AvgIpc) is 2.29. The number of rotatable bonds is 2. The third kappa shape index (κ3) is 3.03. The van der Waals surface area contributed by atoms with Gasteiger partial charge in [-0.05, 0) is 32.6 Å². The summed E-state index contributed by atoms with van der Waals surface area (Å²) in [5.41, 5.74) is 0.341. The predicted molar refractivity (Wildman–Crippen MR) is 74.3 cm³/mol. The van der Waals surface area contributed by atoms with E-state index in [1.54, 1.807) is 0 Å². The molecular weight excluding hydrogens is 208 g/mol. The van der Waals surface area contributed by atoms with Crippen LogP contribution in [-0.2, 0) is 0 Å². The zero-order valence-corrected chi connectivity index (χ0v) is 12.1. The van der Waals surface area contributed by atoms with Crippen molar-refractivity contribution in [3.05, 3.63) is 0 Å². The van der Waals surface area contributed by atoms with Crippen molar-refractivity contribution in [1.29, 1.82) is 0 Å². The van der Waals surface area contributed by atoms with Crippen molar-refractivity contribution in [2.75, 3.05) is 13.1 Å². The fourth-order valence-corrected chi connectivity index (χ4v) is 3.49. The van der Waals surface area contributed by atoms with E-state index in [2.05, 4.69) is 37.9 Å². The first-order valence-electron chi connectivity index (χ1n) is 7.51. The smallest absolute Gasteiger partial charge is 0.0281 e. The first-order chi connectivity index (χ1) is 8.00. The van der Waals surface area contributed by atoms with E-state index in [0.717, 1.165) is 18.5 Å². The summed E-state index contributed by atoms with van der Waals surface area (Å²) < 4.78 is 0. The molecule has 0 aromatic rings. The van der Waals surface area contributed by atoms with Crippen molar-refractivity contribution in [1.82, 2.24) is 10.2 Å². The Hall–Kier alpha value is -0.0800. The molecule has 0 amide bonds. The van der Waals surface area contributed by atoms with E-state index in [-0.39, 0.29) is 0 Å². The molecule has 100 valence electrons. The van der Waals surface area contributed by atoms with Crippen molar-refractivity contribution in [2.45, 2.75) is 77.4 Å². The van der Waals surface area contributed by atoms with E-state index >= 15 is 0 Å².